The lowest BCUT2D eigenvalue weighted by Crippen LogP contribution is -2.07. The van der Waals surface area contributed by atoms with E-state index in [4.69, 9.17) is 0 Å². The van der Waals surface area contributed by atoms with Crippen LogP contribution in [0.5, 0.6) is 0 Å². The highest BCUT2D eigenvalue weighted by molar-refractivity contribution is 7.09. The molecule has 0 atom stereocenters. The molecule has 4 aromatic rings. The third-order valence-electron chi connectivity index (χ3n) is 3.82. The average molecular weight is 392 g/mol. The molecule has 0 unspecified atom stereocenters. The van der Waals surface area contributed by atoms with Crippen LogP contribution in [0.4, 0.5) is 9.52 Å². The molecule has 4 rings (SSSR count). The second-order valence-electron chi connectivity index (χ2n) is 5.71. The Bertz CT molecular complexity index is 1110. The number of amides is 1. The fourth-order valence-corrected chi connectivity index (χ4v) is 2.92. The normalized spacial score (nSPS) is 11.0. The van der Waals surface area contributed by atoms with Crippen molar-refractivity contribution < 1.29 is 9.18 Å². The van der Waals surface area contributed by atoms with Gasteiger partial charge in [0.05, 0.1) is 11.4 Å². The predicted molar refractivity (Wildman–Crippen MR) is 104 cm³/mol. The van der Waals surface area contributed by atoms with Gasteiger partial charge in [0.2, 0.25) is 11.0 Å². The highest BCUT2D eigenvalue weighted by Gasteiger charge is 2.11. The van der Waals surface area contributed by atoms with Gasteiger partial charge in [-0.25, -0.2) is 9.07 Å². The summed E-state index contributed by atoms with van der Waals surface area (Å²) in [5, 5.41) is 14.6. The molecule has 9 heteroatoms. The first-order chi connectivity index (χ1) is 13.7. The zero-order chi connectivity index (χ0) is 19.3. The molecule has 0 radical (unpaired) electrons. The number of benzene rings is 2. The number of aromatic nitrogens is 5. The number of nitrogens with one attached hydrogen (secondary N) is 1. The third-order valence-corrected chi connectivity index (χ3v) is 4.34. The second-order valence-corrected chi connectivity index (χ2v) is 6.44. The molecule has 2 heterocycles. The first-order valence-corrected chi connectivity index (χ1v) is 9.01. The fourth-order valence-electron chi connectivity index (χ4n) is 2.55. The van der Waals surface area contributed by atoms with Gasteiger partial charge < -0.3 is 0 Å². The van der Waals surface area contributed by atoms with Crippen molar-refractivity contribution in [2.24, 2.45) is 0 Å². The molecule has 0 saturated heterocycles. The molecule has 2 aromatic heterocycles. The van der Waals surface area contributed by atoms with E-state index < -0.39 is 0 Å². The SMILES string of the molecule is O=C(/C=C/c1cn(-c2ccccc2)nc1-c1ccc(F)cc1)Nc1nnns1. The quantitative estimate of drug-likeness (QED) is 0.525. The van der Waals surface area contributed by atoms with Crippen LogP contribution in [-0.4, -0.2) is 30.5 Å². The Labute approximate surface area is 163 Å². The molecule has 0 bridgehead atoms. The Morgan fingerprint density at radius 3 is 2.61 bits per heavy atom. The van der Waals surface area contributed by atoms with Gasteiger partial charge in [0.25, 0.3) is 0 Å². The van der Waals surface area contributed by atoms with Crippen LogP contribution in [-0.2, 0) is 4.79 Å². The minimum Gasteiger partial charge on any atom is -0.296 e. The molecule has 7 nitrogen and oxygen atoms in total. The smallest absolute Gasteiger partial charge is 0.250 e. The summed E-state index contributed by atoms with van der Waals surface area (Å²) >= 11 is 0.986. The number of para-hydroxylation sites is 1. The molecular weight excluding hydrogens is 379 g/mol. The van der Waals surface area contributed by atoms with Gasteiger partial charge in [0.15, 0.2) is 0 Å². The number of rotatable bonds is 5. The van der Waals surface area contributed by atoms with E-state index in [9.17, 15) is 9.18 Å². The molecule has 0 saturated carbocycles. The lowest BCUT2D eigenvalue weighted by molar-refractivity contribution is -0.111. The van der Waals surface area contributed by atoms with Crippen LogP contribution in [0.3, 0.4) is 0 Å². The van der Waals surface area contributed by atoms with Gasteiger partial charge in [-0.15, -0.1) is 0 Å². The maximum Gasteiger partial charge on any atom is 0.250 e. The van der Waals surface area contributed by atoms with Crippen LogP contribution in [0, 0.1) is 5.82 Å². The summed E-state index contributed by atoms with van der Waals surface area (Å²) in [6.45, 7) is 0. The van der Waals surface area contributed by atoms with Gasteiger partial charge >= 0.3 is 0 Å². The summed E-state index contributed by atoms with van der Waals surface area (Å²) in [5.41, 5.74) is 2.95. The van der Waals surface area contributed by atoms with Gasteiger partial charge in [-0.05, 0) is 47.7 Å². The number of anilines is 1. The van der Waals surface area contributed by atoms with Crippen molar-refractivity contribution in [3.63, 3.8) is 0 Å². The van der Waals surface area contributed by atoms with Crippen LogP contribution in [0.2, 0.25) is 0 Å². The molecule has 2 aromatic carbocycles. The van der Waals surface area contributed by atoms with E-state index in [0.717, 1.165) is 22.8 Å². The second kappa shape index (κ2) is 7.89. The van der Waals surface area contributed by atoms with Crippen molar-refractivity contribution in [3.05, 3.63) is 78.3 Å². The van der Waals surface area contributed by atoms with Crippen molar-refractivity contribution in [1.29, 1.82) is 0 Å². The van der Waals surface area contributed by atoms with E-state index in [-0.39, 0.29) is 11.7 Å². The maximum atomic E-state index is 13.3. The van der Waals surface area contributed by atoms with Crippen molar-refractivity contribution in [3.8, 4) is 16.9 Å². The fraction of sp³-hybridized carbons (Fsp3) is 0. The van der Waals surface area contributed by atoms with Gasteiger partial charge in [-0.2, -0.15) is 5.10 Å². The topological polar surface area (TPSA) is 85.6 Å². The van der Waals surface area contributed by atoms with E-state index in [0.29, 0.717) is 16.4 Å². The Morgan fingerprint density at radius 2 is 1.89 bits per heavy atom. The van der Waals surface area contributed by atoms with E-state index in [1.165, 1.54) is 18.2 Å². The third kappa shape index (κ3) is 3.99. The number of carbonyl (C=O) groups excluding carboxylic acids is 1. The van der Waals surface area contributed by atoms with E-state index in [1.807, 2.05) is 36.5 Å². The molecule has 0 spiro atoms. The predicted octanol–water partition coefficient (Wildman–Crippen LogP) is 3.58. The van der Waals surface area contributed by atoms with E-state index in [2.05, 4.69) is 25.2 Å². The van der Waals surface area contributed by atoms with Gasteiger partial charge in [0.1, 0.15) is 5.82 Å². The maximum absolute atomic E-state index is 13.3. The van der Waals surface area contributed by atoms with Crippen molar-refractivity contribution in [1.82, 2.24) is 24.6 Å². The van der Waals surface area contributed by atoms with Crippen molar-refractivity contribution >= 4 is 28.6 Å². The van der Waals surface area contributed by atoms with Crippen LogP contribution in [0.1, 0.15) is 5.56 Å². The van der Waals surface area contributed by atoms with E-state index >= 15 is 0 Å². The van der Waals surface area contributed by atoms with Crippen LogP contribution in [0.15, 0.2) is 66.9 Å². The Balaban J connectivity index is 1.67. The molecule has 0 fully saturated rings. The van der Waals surface area contributed by atoms with E-state index in [1.54, 1.807) is 22.9 Å². The minimum absolute atomic E-state index is 0.313. The van der Waals surface area contributed by atoms with Gasteiger partial charge in [0, 0.05) is 34.9 Å². The summed E-state index contributed by atoms with van der Waals surface area (Å²) in [4.78, 5) is 12.1. The Morgan fingerprint density at radius 1 is 1.11 bits per heavy atom. The van der Waals surface area contributed by atoms with Crippen molar-refractivity contribution in [2.75, 3.05) is 5.32 Å². The summed E-state index contributed by atoms with van der Waals surface area (Å²) < 4.78 is 18.6. The molecule has 0 aliphatic heterocycles. The highest BCUT2D eigenvalue weighted by Crippen LogP contribution is 2.25. The molecule has 1 N–H and O–H groups in total. The average Bonchev–Trinajstić information content (AvgIpc) is 3.38. The standard InChI is InChI=1S/C19H13FN6OS/c20-15-9-6-13(7-10-15)18-14(8-11-17(27)21-19-22-24-25-28-19)12-26(23-18)16-4-2-1-3-5-16/h1-12H,(H,21,22,25,27)/b11-8+. The zero-order valence-corrected chi connectivity index (χ0v) is 15.2. The lowest BCUT2D eigenvalue weighted by Gasteiger charge is -2.00. The largest absolute Gasteiger partial charge is 0.296 e. The first-order valence-electron chi connectivity index (χ1n) is 8.24. The number of halogens is 1. The van der Waals surface area contributed by atoms with Gasteiger partial charge in [-0.1, -0.05) is 27.8 Å². The summed E-state index contributed by atoms with van der Waals surface area (Å²) in [7, 11) is 0. The van der Waals surface area contributed by atoms with Crippen LogP contribution in [0.25, 0.3) is 23.0 Å². The Hall–Kier alpha value is -3.72. The van der Waals surface area contributed by atoms with Crippen molar-refractivity contribution in [2.45, 2.75) is 0 Å². The summed E-state index contributed by atoms with van der Waals surface area (Å²) in [5.74, 6) is -0.690. The zero-order valence-electron chi connectivity index (χ0n) is 14.4. The van der Waals surface area contributed by atoms with Crippen LogP contribution >= 0.6 is 11.5 Å². The number of carbonyl (C=O) groups is 1. The first kappa shape index (κ1) is 17.7. The lowest BCUT2D eigenvalue weighted by atomic mass is 10.1. The number of hydrogen-bond acceptors (Lipinski definition) is 6. The number of nitrogens with zero attached hydrogens (tertiary/aromatic N) is 5. The monoisotopic (exact) mass is 392 g/mol. The molecule has 1 amide bonds. The number of hydrogen-bond donors (Lipinski definition) is 1. The summed E-state index contributed by atoms with van der Waals surface area (Å²) in [6.07, 6.45) is 4.83. The molecule has 0 aliphatic carbocycles. The summed E-state index contributed by atoms with van der Waals surface area (Å²) in [6, 6.07) is 15.6. The molecule has 28 heavy (non-hydrogen) atoms. The minimum atomic E-state index is -0.365. The molecule has 0 aliphatic rings. The Kier molecular flexibility index (Phi) is 4.98. The highest BCUT2D eigenvalue weighted by atomic mass is 32.1. The van der Waals surface area contributed by atoms with Crippen LogP contribution < -0.4 is 5.32 Å². The molecular formula is C19H13FN6OS. The molecule has 138 valence electrons. The van der Waals surface area contributed by atoms with Gasteiger partial charge in [-0.3, -0.25) is 10.1 Å².